The maximum absolute atomic E-state index is 16.5. The van der Waals surface area contributed by atoms with Gasteiger partial charge in [-0.15, -0.1) is 11.3 Å². The van der Waals surface area contributed by atoms with Crippen LogP contribution >= 0.6 is 11.3 Å². The molecule has 0 spiro atoms. The maximum atomic E-state index is 16.5. The lowest BCUT2D eigenvalue weighted by Crippen LogP contribution is -2.52. The molecule has 2 fully saturated rings. The molecule has 2 atom stereocenters. The highest BCUT2D eigenvalue weighted by molar-refractivity contribution is 7.23. The van der Waals surface area contributed by atoms with Crippen LogP contribution in [-0.2, 0) is 20.4 Å². The van der Waals surface area contributed by atoms with Gasteiger partial charge in [-0.3, -0.25) is 15.0 Å². The number of amides is 1. The van der Waals surface area contributed by atoms with E-state index in [1.54, 1.807) is 20.8 Å². The van der Waals surface area contributed by atoms with Crippen molar-refractivity contribution >= 4 is 55.7 Å². The molecular weight excluding hydrogens is 720 g/mol. The summed E-state index contributed by atoms with van der Waals surface area (Å²) in [5.41, 5.74) is -4.43. The van der Waals surface area contributed by atoms with Crippen molar-refractivity contribution < 1.29 is 41.0 Å². The summed E-state index contributed by atoms with van der Waals surface area (Å²) in [7, 11) is 2.02. The third kappa shape index (κ3) is 8.96. The summed E-state index contributed by atoms with van der Waals surface area (Å²) < 4.78 is 85.4. The lowest BCUT2D eigenvalue weighted by molar-refractivity contribution is -0.139. The molecular formula is C37H43F5N6O4S. The van der Waals surface area contributed by atoms with Crippen molar-refractivity contribution in [2.24, 2.45) is 0 Å². The minimum absolute atomic E-state index is 0.0958. The van der Waals surface area contributed by atoms with Crippen molar-refractivity contribution in [1.29, 1.82) is 5.26 Å². The number of anilines is 2. The van der Waals surface area contributed by atoms with Gasteiger partial charge in [-0.25, -0.2) is 23.5 Å². The zero-order valence-electron chi connectivity index (χ0n) is 31.0. The monoisotopic (exact) mass is 762 g/mol. The van der Waals surface area contributed by atoms with E-state index >= 15 is 8.78 Å². The Balaban J connectivity index is 0.000000627. The van der Waals surface area contributed by atoms with E-state index < -0.39 is 40.6 Å². The Hall–Kier alpha value is -4.62. The number of hydrogen-bond acceptors (Lipinski definition) is 10. The van der Waals surface area contributed by atoms with E-state index in [1.165, 1.54) is 0 Å². The number of aromatic nitrogens is 2. The first-order valence-corrected chi connectivity index (χ1v) is 17.8. The summed E-state index contributed by atoms with van der Waals surface area (Å²) in [5.74, 6) is -1.93. The van der Waals surface area contributed by atoms with Crippen molar-refractivity contribution in [1.82, 2.24) is 14.9 Å². The van der Waals surface area contributed by atoms with E-state index in [4.69, 9.17) is 4.74 Å². The topological polar surface area (TPSA) is 121 Å². The van der Waals surface area contributed by atoms with Crippen molar-refractivity contribution in [2.45, 2.75) is 97.7 Å². The summed E-state index contributed by atoms with van der Waals surface area (Å²) in [6.45, 7) is 15.8. The van der Waals surface area contributed by atoms with E-state index in [0.717, 1.165) is 37.4 Å². The van der Waals surface area contributed by atoms with Gasteiger partial charge in [-0.2, -0.15) is 18.4 Å². The SMILES string of the molecule is CC.CC(C)(C)OC=O.CN1C2CCC1CN(c1ncnc3c(F)c(-c4ccc(F)c5sc(NC(=O)OC(C)(C)C)c(C#N)c45)c(C(F)(F)F)cc13)C2. The largest absolute Gasteiger partial charge is 0.462 e. The molecule has 53 heavy (non-hydrogen) atoms. The third-order valence-electron chi connectivity index (χ3n) is 8.49. The van der Waals surface area contributed by atoms with Crippen molar-refractivity contribution in [2.75, 3.05) is 30.4 Å². The fourth-order valence-corrected chi connectivity index (χ4v) is 7.36. The Labute approximate surface area is 308 Å². The molecule has 2 bridgehead atoms. The number of benzene rings is 2. The van der Waals surface area contributed by atoms with Crippen LogP contribution in [-0.4, -0.2) is 70.9 Å². The molecule has 2 saturated heterocycles. The lowest BCUT2D eigenvalue weighted by atomic mass is 9.92. The first kappa shape index (κ1) is 41.1. The highest BCUT2D eigenvalue weighted by Gasteiger charge is 2.41. The second-order valence-electron chi connectivity index (χ2n) is 14.3. The fourth-order valence-electron chi connectivity index (χ4n) is 6.29. The number of rotatable bonds is 4. The highest BCUT2D eigenvalue weighted by atomic mass is 32.1. The minimum atomic E-state index is -5.04. The molecule has 10 nitrogen and oxygen atoms in total. The van der Waals surface area contributed by atoms with E-state index in [2.05, 4.69) is 24.9 Å². The molecule has 6 rings (SSSR count). The minimum Gasteiger partial charge on any atom is -0.462 e. The second kappa shape index (κ2) is 15.8. The van der Waals surface area contributed by atoms with Crippen molar-refractivity contribution in [3.8, 4) is 17.2 Å². The molecule has 4 heterocycles. The molecule has 2 aromatic heterocycles. The van der Waals surface area contributed by atoms with Crippen LogP contribution in [0.5, 0.6) is 0 Å². The predicted molar refractivity (Wildman–Crippen MR) is 195 cm³/mol. The van der Waals surface area contributed by atoms with Crippen LogP contribution < -0.4 is 10.2 Å². The molecule has 16 heteroatoms. The number of fused-ring (bicyclic) bond motifs is 4. The lowest BCUT2D eigenvalue weighted by Gasteiger charge is -2.39. The molecule has 2 unspecified atom stereocenters. The van der Waals surface area contributed by atoms with Crippen LogP contribution in [0.4, 0.5) is 37.6 Å². The number of carbonyl (C=O) groups excluding carboxylic acids is 2. The Kier molecular flexibility index (Phi) is 12.2. The standard InChI is InChI=1S/C30H27F5N6O2S.C5H10O2.C2H6/c1-29(2,3)43-28(42)39-27-18(10-36)21-16(7-8-20(31)25(21)44-27)22-19(30(33,34)35)9-17-24(23(22)32)37-13-38-26(17)41-11-14-5-6-15(12-41)40(14)4;1-5(2,3)7-4-6;1-2/h7-9,13-15H,5-6,11-12H2,1-4H3,(H,39,42);4H,1-3H3;1-2H3. The quantitative estimate of drug-likeness (QED) is 0.160. The van der Waals surface area contributed by atoms with Crippen LogP contribution in [0.25, 0.3) is 32.1 Å². The van der Waals surface area contributed by atoms with Gasteiger partial charge in [0.2, 0.25) is 0 Å². The molecule has 286 valence electrons. The normalized spacial score (nSPS) is 17.3. The number of carbonyl (C=O) groups is 2. The van der Waals surface area contributed by atoms with Gasteiger partial charge in [-0.1, -0.05) is 19.9 Å². The zero-order chi connectivity index (χ0) is 39.6. The third-order valence-corrected chi connectivity index (χ3v) is 9.60. The molecule has 1 amide bonds. The average molecular weight is 763 g/mol. The van der Waals surface area contributed by atoms with Crippen LogP contribution in [0.15, 0.2) is 24.5 Å². The van der Waals surface area contributed by atoms with Crippen molar-refractivity contribution in [3.63, 3.8) is 0 Å². The summed E-state index contributed by atoms with van der Waals surface area (Å²) in [4.78, 5) is 34.5. The van der Waals surface area contributed by atoms with E-state index in [1.807, 2.05) is 52.6 Å². The zero-order valence-corrected chi connectivity index (χ0v) is 31.9. The highest BCUT2D eigenvalue weighted by Crippen LogP contribution is 2.48. The van der Waals surface area contributed by atoms with E-state index in [-0.39, 0.29) is 60.6 Å². The van der Waals surface area contributed by atoms with Gasteiger partial charge in [0.25, 0.3) is 6.47 Å². The molecule has 2 aliphatic heterocycles. The molecule has 2 aromatic carbocycles. The number of alkyl halides is 3. The smallest absolute Gasteiger partial charge is 0.417 e. The summed E-state index contributed by atoms with van der Waals surface area (Å²) in [6.07, 6.45) is -2.98. The number of nitriles is 1. The second-order valence-corrected chi connectivity index (χ2v) is 15.4. The van der Waals surface area contributed by atoms with E-state index in [0.29, 0.717) is 30.9 Å². The number of nitrogens with zero attached hydrogens (tertiary/aromatic N) is 5. The molecule has 0 radical (unpaired) electrons. The van der Waals surface area contributed by atoms with Gasteiger partial charge < -0.3 is 14.4 Å². The van der Waals surface area contributed by atoms with Gasteiger partial charge >= 0.3 is 12.3 Å². The molecule has 0 aliphatic carbocycles. The number of likely N-dealkylation sites (N-methyl/N-ethyl adjacent to an activating group) is 1. The van der Waals surface area contributed by atoms with Crippen LogP contribution in [0, 0.1) is 23.0 Å². The number of thiophene rings is 1. The number of hydrogen-bond donors (Lipinski definition) is 1. The van der Waals surface area contributed by atoms with Crippen LogP contribution in [0.3, 0.4) is 0 Å². The van der Waals surface area contributed by atoms with E-state index in [9.17, 15) is 28.0 Å². The number of piperazine rings is 1. The summed E-state index contributed by atoms with van der Waals surface area (Å²) in [5, 5.41) is 11.9. The molecule has 4 aromatic rings. The number of halogens is 5. The summed E-state index contributed by atoms with van der Waals surface area (Å²) in [6, 6.07) is 4.98. The van der Waals surface area contributed by atoms with Gasteiger partial charge in [0.1, 0.15) is 45.8 Å². The first-order valence-electron chi connectivity index (χ1n) is 17.0. The van der Waals surface area contributed by atoms with Crippen LogP contribution in [0.2, 0.25) is 0 Å². The van der Waals surface area contributed by atoms with Gasteiger partial charge in [0.05, 0.1) is 15.8 Å². The van der Waals surface area contributed by atoms with Crippen molar-refractivity contribution in [3.05, 3.63) is 47.3 Å². The Morgan fingerprint density at radius 3 is 2.17 bits per heavy atom. The fraction of sp³-hybridized carbons (Fsp3) is 0.486. The van der Waals surface area contributed by atoms with Gasteiger partial charge in [-0.05, 0) is 79.1 Å². The van der Waals surface area contributed by atoms with Crippen LogP contribution in [0.1, 0.15) is 79.4 Å². The van der Waals surface area contributed by atoms with Gasteiger partial charge in [0, 0.05) is 41.5 Å². The molecule has 2 aliphatic rings. The first-order chi connectivity index (χ1) is 24.7. The van der Waals surface area contributed by atoms with Gasteiger partial charge in [0.15, 0.2) is 5.82 Å². The molecule has 0 saturated carbocycles. The Morgan fingerprint density at radius 2 is 1.66 bits per heavy atom. The predicted octanol–water partition coefficient (Wildman–Crippen LogP) is 9.29. The average Bonchev–Trinajstić information content (AvgIpc) is 3.50. The Morgan fingerprint density at radius 1 is 1.04 bits per heavy atom. The Bertz CT molecular complexity index is 2020. The summed E-state index contributed by atoms with van der Waals surface area (Å²) >= 11 is 0.639. The number of nitrogens with one attached hydrogen (secondary N) is 1. The maximum Gasteiger partial charge on any atom is 0.417 e. The number of ether oxygens (including phenoxy) is 2. The molecule has 1 N–H and O–H groups in total.